The van der Waals surface area contributed by atoms with E-state index in [-0.39, 0.29) is 0 Å². The van der Waals surface area contributed by atoms with E-state index in [1.54, 1.807) is 18.4 Å². The quantitative estimate of drug-likeness (QED) is 0.547. The summed E-state index contributed by atoms with van der Waals surface area (Å²) in [5.41, 5.74) is 3.15. The van der Waals surface area contributed by atoms with Crippen molar-refractivity contribution >= 4 is 6.08 Å². The van der Waals surface area contributed by atoms with Gasteiger partial charge in [0.1, 0.15) is 0 Å². The van der Waals surface area contributed by atoms with Crippen LogP contribution in [0.25, 0.3) is 6.08 Å². The monoisotopic (exact) mass is 292 g/mol. The third kappa shape index (κ3) is 1.95. The molecule has 4 aliphatic carbocycles. The van der Waals surface area contributed by atoms with E-state index in [1.807, 2.05) is 0 Å². The Bertz CT molecular complexity index is 583. The first kappa shape index (κ1) is 13.4. The van der Waals surface area contributed by atoms with E-state index < -0.39 is 0 Å². The summed E-state index contributed by atoms with van der Waals surface area (Å²) in [4.78, 5) is 0. The molecule has 1 aromatic rings. The average molecular weight is 292 g/mol. The zero-order valence-electron chi connectivity index (χ0n) is 13.6. The van der Waals surface area contributed by atoms with Gasteiger partial charge in [-0.1, -0.05) is 55.7 Å². The maximum atomic E-state index is 2.60. The van der Waals surface area contributed by atoms with Gasteiger partial charge in [-0.3, -0.25) is 0 Å². The minimum absolute atomic E-state index is 0.822. The molecule has 0 nitrogen and oxygen atoms in total. The molecule has 0 aliphatic heterocycles. The molecule has 0 radical (unpaired) electrons. The number of rotatable bonds is 0. The molecule has 0 heteroatoms. The lowest BCUT2D eigenvalue weighted by Crippen LogP contribution is -2.44. The lowest BCUT2D eigenvalue weighted by molar-refractivity contribution is 0.000434. The second-order valence-electron chi connectivity index (χ2n) is 8.36. The SMILES string of the molecule is C1=CC2C(CCC3C4CCCCC4CCC23)c2ccccc21. The van der Waals surface area contributed by atoms with Crippen molar-refractivity contribution in [1.82, 2.24) is 0 Å². The lowest BCUT2D eigenvalue weighted by atomic mass is 9.52. The minimum atomic E-state index is 0.822. The molecular formula is C22H28. The molecule has 0 heterocycles. The van der Waals surface area contributed by atoms with Crippen LogP contribution in [0.3, 0.4) is 0 Å². The Balaban J connectivity index is 1.46. The van der Waals surface area contributed by atoms with Crippen molar-refractivity contribution < 1.29 is 0 Å². The Morgan fingerprint density at radius 2 is 1.59 bits per heavy atom. The van der Waals surface area contributed by atoms with Crippen LogP contribution in [0.4, 0.5) is 0 Å². The molecule has 0 aromatic heterocycles. The van der Waals surface area contributed by atoms with Crippen LogP contribution in [0.1, 0.15) is 68.4 Å². The van der Waals surface area contributed by atoms with Crippen LogP contribution < -0.4 is 0 Å². The Morgan fingerprint density at radius 3 is 2.59 bits per heavy atom. The maximum Gasteiger partial charge on any atom is -0.00901 e. The van der Waals surface area contributed by atoms with Crippen molar-refractivity contribution in [2.45, 2.75) is 57.3 Å². The first-order valence-electron chi connectivity index (χ1n) is 9.69. The molecule has 0 amide bonds. The fourth-order valence-corrected chi connectivity index (χ4v) is 6.72. The molecule has 116 valence electrons. The zero-order chi connectivity index (χ0) is 14.5. The van der Waals surface area contributed by atoms with E-state index in [4.69, 9.17) is 0 Å². The van der Waals surface area contributed by atoms with Crippen molar-refractivity contribution in [3.05, 3.63) is 41.5 Å². The summed E-state index contributed by atoms with van der Waals surface area (Å²) < 4.78 is 0. The van der Waals surface area contributed by atoms with Gasteiger partial charge in [0.05, 0.1) is 0 Å². The van der Waals surface area contributed by atoms with Gasteiger partial charge in [-0.05, 0) is 78.7 Å². The first-order chi connectivity index (χ1) is 10.9. The van der Waals surface area contributed by atoms with Crippen LogP contribution in [0, 0.1) is 29.6 Å². The van der Waals surface area contributed by atoms with Gasteiger partial charge in [0.15, 0.2) is 0 Å². The van der Waals surface area contributed by atoms with Crippen LogP contribution in [-0.4, -0.2) is 0 Å². The van der Waals surface area contributed by atoms with E-state index in [1.165, 1.54) is 44.1 Å². The topological polar surface area (TPSA) is 0 Å². The summed E-state index contributed by atoms with van der Waals surface area (Å²) in [6.07, 6.45) is 17.1. The molecular weight excluding hydrogens is 264 g/mol. The average Bonchev–Trinajstić information content (AvgIpc) is 2.60. The van der Waals surface area contributed by atoms with Gasteiger partial charge >= 0.3 is 0 Å². The minimum Gasteiger partial charge on any atom is -0.0799 e. The maximum absolute atomic E-state index is 2.60. The molecule has 6 atom stereocenters. The van der Waals surface area contributed by atoms with Gasteiger partial charge in [-0.25, -0.2) is 0 Å². The molecule has 5 rings (SSSR count). The predicted molar refractivity (Wildman–Crippen MR) is 92.6 cm³/mol. The summed E-state index contributed by atoms with van der Waals surface area (Å²) in [5.74, 6) is 5.88. The summed E-state index contributed by atoms with van der Waals surface area (Å²) in [6, 6.07) is 9.16. The highest BCUT2D eigenvalue weighted by Crippen LogP contribution is 2.57. The fourth-order valence-electron chi connectivity index (χ4n) is 6.72. The molecule has 0 saturated heterocycles. The van der Waals surface area contributed by atoms with E-state index in [0.717, 1.165) is 35.5 Å². The lowest BCUT2D eigenvalue weighted by Gasteiger charge is -2.53. The van der Waals surface area contributed by atoms with Crippen molar-refractivity contribution in [1.29, 1.82) is 0 Å². The molecule has 4 aliphatic rings. The molecule has 1 aromatic carbocycles. The molecule has 0 spiro atoms. The number of hydrogen-bond donors (Lipinski definition) is 0. The smallest absolute Gasteiger partial charge is 0.00901 e. The van der Waals surface area contributed by atoms with Crippen molar-refractivity contribution in [2.75, 3.05) is 0 Å². The third-order valence-electron chi connectivity index (χ3n) is 7.60. The van der Waals surface area contributed by atoms with E-state index in [9.17, 15) is 0 Å². The van der Waals surface area contributed by atoms with E-state index in [2.05, 4.69) is 36.4 Å². The van der Waals surface area contributed by atoms with Crippen LogP contribution >= 0.6 is 0 Å². The highest BCUT2D eigenvalue weighted by Gasteiger charge is 2.47. The van der Waals surface area contributed by atoms with E-state index >= 15 is 0 Å². The molecule has 22 heavy (non-hydrogen) atoms. The van der Waals surface area contributed by atoms with Crippen molar-refractivity contribution in [2.24, 2.45) is 29.6 Å². The fraction of sp³-hybridized carbons (Fsp3) is 0.636. The first-order valence-corrected chi connectivity index (χ1v) is 9.69. The molecule has 3 saturated carbocycles. The predicted octanol–water partition coefficient (Wildman–Crippen LogP) is 6.04. The number of benzene rings is 1. The number of allylic oxidation sites excluding steroid dienone is 1. The van der Waals surface area contributed by atoms with Crippen LogP contribution in [0.5, 0.6) is 0 Å². The van der Waals surface area contributed by atoms with Gasteiger partial charge in [0.2, 0.25) is 0 Å². The van der Waals surface area contributed by atoms with Gasteiger partial charge in [-0.15, -0.1) is 0 Å². The normalized spacial score (nSPS) is 42.7. The molecule has 3 fully saturated rings. The van der Waals surface area contributed by atoms with Crippen molar-refractivity contribution in [3.8, 4) is 0 Å². The largest absolute Gasteiger partial charge is 0.0799 e. The Kier molecular flexibility index (Phi) is 3.20. The van der Waals surface area contributed by atoms with Crippen molar-refractivity contribution in [3.63, 3.8) is 0 Å². The third-order valence-corrected chi connectivity index (χ3v) is 7.60. The van der Waals surface area contributed by atoms with E-state index in [0.29, 0.717) is 0 Å². The highest BCUT2D eigenvalue weighted by atomic mass is 14.5. The summed E-state index contributed by atoms with van der Waals surface area (Å²) in [7, 11) is 0. The zero-order valence-corrected chi connectivity index (χ0v) is 13.6. The van der Waals surface area contributed by atoms with Crippen LogP contribution in [-0.2, 0) is 0 Å². The van der Waals surface area contributed by atoms with Gasteiger partial charge in [0.25, 0.3) is 0 Å². The summed E-state index contributed by atoms with van der Waals surface area (Å²) >= 11 is 0. The standard InChI is InChI=1S/C22H28/c1-3-7-17-15(5-1)9-11-21-19(17)13-14-20-18-8-4-2-6-16(18)10-12-22(20)21/h1,3,5,7,9,11,16,18-22H,2,4,6,8,10,12-14H2. The summed E-state index contributed by atoms with van der Waals surface area (Å²) in [5, 5.41) is 0. The molecule has 6 unspecified atom stereocenters. The Labute approximate surface area is 135 Å². The second-order valence-corrected chi connectivity index (χ2v) is 8.36. The van der Waals surface area contributed by atoms with Gasteiger partial charge in [0, 0.05) is 0 Å². The number of hydrogen-bond acceptors (Lipinski definition) is 0. The molecule has 0 bridgehead atoms. The Hall–Kier alpha value is -1.04. The highest BCUT2D eigenvalue weighted by molar-refractivity contribution is 5.58. The Morgan fingerprint density at radius 1 is 0.727 bits per heavy atom. The van der Waals surface area contributed by atoms with Gasteiger partial charge in [-0.2, -0.15) is 0 Å². The second kappa shape index (κ2) is 5.25. The van der Waals surface area contributed by atoms with Gasteiger partial charge < -0.3 is 0 Å². The van der Waals surface area contributed by atoms with Crippen LogP contribution in [0.2, 0.25) is 0 Å². The number of fused-ring (bicyclic) bond motifs is 7. The summed E-state index contributed by atoms with van der Waals surface area (Å²) in [6.45, 7) is 0. The van der Waals surface area contributed by atoms with Crippen LogP contribution in [0.15, 0.2) is 30.3 Å². The molecule has 0 N–H and O–H groups in total.